The van der Waals surface area contributed by atoms with Crippen molar-refractivity contribution < 1.29 is 67.1 Å². The fraction of sp³-hybridized carbons (Fsp3) is 0.515. The molecule has 0 saturated heterocycles. The van der Waals surface area contributed by atoms with E-state index in [1.165, 1.54) is 64.8 Å². The van der Waals surface area contributed by atoms with E-state index in [-0.39, 0.29) is 23.3 Å². The second-order valence-corrected chi connectivity index (χ2v) is 11.3. The number of benzene rings is 2. The van der Waals surface area contributed by atoms with Gasteiger partial charge in [0.2, 0.25) is 0 Å². The highest BCUT2D eigenvalue weighted by Crippen LogP contribution is 2.37. The van der Waals surface area contributed by atoms with Crippen molar-refractivity contribution in [1.29, 1.82) is 0 Å². The Morgan fingerprint density at radius 3 is 1.21 bits per heavy atom. The van der Waals surface area contributed by atoms with Gasteiger partial charge in [0.05, 0.1) is 39.6 Å². The zero-order chi connectivity index (χ0) is 33.8. The molecule has 0 heterocycles. The van der Waals surface area contributed by atoms with E-state index in [9.17, 15) is 19.2 Å². The van der Waals surface area contributed by atoms with E-state index in [1.807, 2.05) is 0 Å². The summed E-state index contributed by atoms with van der Waals surface area (Å²) in [6, 6.07) is 8.80. The lowest BCUT2D eigenvalue weighted by atomic mass is 9.76. The third kappa shape index (κ3) is 10.1. The number of rotatable bonds is 10. The summed E-state index contributed by atoms with van der Waals surface area (Å²) >= 11 is 0. The van der Waals surface area contributed by atoms with Gasteiger partial charge in [0.1, 0.15) is 12.2 Å². The van der Waals surface area contributed by atoms with Gasteiger partial charge in [-0.15, -0.1) is 0 Å². The number of carbonyl (C=O) groups is 4. The van der Waals surface area contributed by atoms with Crippen LogP contribution in [-0.2, 0) is 29.0 Å². The molecule has 0 unspecified atom stereocenters. The molecule has 2 aromatic carbocycles. The molecule has 0 bridgehead atoms. The van der Waals surface area contributed by atoms with Crippen LogP contribution < -0.4 is 18.9 Å². The van der Waals surface area contributed by atoms with E-state index in [1.54, 1.807) is 0 Å². The highest BCUT2D eigenvalue weighted by atomic mass is 17.2. The molecule has 14 nitrogen and oxygen atoms in total. The van der Waals surface area contributed by atoms with E-state index in [0.29, 0.717) is 60.5 Å². The van der Waals surface area contributed by atoms with Crippen molar-refractivity contribution in [2.45, 2.75) is 70.0 Å². The minimum atomic E-state index is -1.07. The molecule has 256 valence electrons. The molecule has 2 aliphatic rings. The van der Waals surface area contributed by atoms with Crippen molar-refractivity contribution in [3.63, 3.8) is 0 Å². The fourth-order valence-corrected chi connectivity index (χ4v) is 5.92. The molecule has 2 aromatic rings. The van der Waals surface area contributed by atoms with E-state index in [0.717, 1.165) is 32.1 Å². The molecule has 14 heteroatoms. The van der Waals surface area contributed by atoms with Gasteiger partial charge in [-0.05, 0) is 106 Å². The van der Waals surface area contributed by atoms with Crippen LogP contribution in [0.4, 0.5) is 9.59 Å². The van der Waals surface area contributed by atoms with Gasteiger partial charge in [0.15, 0.2) is 23.0 Å². The number of methoxy groups -OCH3 is 4. The molecule has 2 fully saturated rings. The highest BCUT2D eigenvalue weighted by molar-refractivity contribution is 5.90. The molecule has 0 aliphatic heterocycles. The first kappa shape index (κ1) is 35.0. The average Bonchev–Trinajstić information content (AvgIpc) is 3.10. The summed E-state index contributed by atoms with van der Waals surface area (Å²) in [4.78, 5) is 67.2. The molecule has 0 spiro atoms. The maximum Gasteiger partial charge on any atom is 0.550 e. The van der Waals surface area contributed by atoms with Gasteiger partial charge < -0.3 is 28.4 Å². The maximum atomic E-state index is 12.2. The van der Waals surface area contributed by atoms with Crippen LogP contribution in [0, 0.1) is 11.8 Å². The minimum absolute atomic E-state index is 0.115. The van der Waals surface area contributed by atoms with Crippen molar-refractivity contribution in [3.05, 3.63) is 47.5 Å². The Morgan fingerprint density at radius 2 is 0.872 bits per heavy atom. The van der Waals surface area contributed by atoms with E-state index >= 15 is 0 Å². The van der Waals surface area contributed by atoms with Crippen molar-refractivity contribution in [2.24, 2.45) is 11.8 Å². The van der Waals surface area contributed by atoms with E-state index in [2.05, 4.69) is 19.6 Å². The fourth-order valence-electron chi connectivity index (χ4n) is 5.92. The first-order valence-electron chi connectivity index (χ1n) is 15.4. The monoisotopic (exact) mass is 660 g/mol. The summed E-state index contributed by atoms with van der Waals surface area (Å²) < 4.78 is 31.3. The Morgan fingerprint density at radius 1 is 0.511 bits per heavy atom. The standard InChI is InChI=1S/C33H40O14/c1-38-26-15-9-22(18-28(26)40-3)30(34)44-46-32(36)42-24-11-5-20(6-12-24)17-21-7-13-25(14-8-21)43-33(37)47-45-31(35)23-10-16-27(39-2)29(19-23)41-4/h9-10,15-16,18-21,24-25H,5-8,11-14,17H2,1-4H3. The summed E-state index contributed by atoms with van der Waals surface area (Å²) in [5, 5.41) is 0. The van der Waals surface area contributed by atoms with Crippen LogP contribution in [0.1, 0.15) is 78.5 Å². The SMILES string of the molecule is COc1ccc(C(=O)OOC(=O)OC2CCC(CC3CCC(OC(=O)OOC(=O)c4ccc(OC)c(OC)c4)CC3)CC2)cc1OC. The molecule has 4 rings (SSSR count). The van der Waals surface area contributed by atoms with Gasteiger partial charge in [0.25, 0.3) is 0 Å². The second-order valence-electron chi connectivity index (χ2n) is 11.3. The van der Waals surface area contributed by atoms with Gasteiger partial charge in [-0.25, -0.2) is 29.1 Å². The summed E-state index contributed by atoms with van der Waals surface area (Å²) in [6.07, 6.45) is 4.48. The molecule has 0 amide bonds. The zero-order valence-electron chi connectivity index (χ0n) is 26.9. The number of ether oxygens (including phenoxy) is 6. The number of hydrogen-bond acceptors (Lipinski definition) is 14. The molecule has 47 heavy (non-hydrogen) atoms. The third-order valence-corrected chi connectivity index (χ3v) is 8.39. The van der Waals surface area contributed by atoms with Crippen molar-refractivity contribution >= 4 is 24.2 Å². The normalized spacial score (nSPS) is 20.5. The van der Waals surface area contributed by atoms with Gasteiger partial charge in [-0.3, -0.25) is 0 Å². The lowest BCUT2D eigenvalue weighted by Gasteiger charge is -2.33. The summed E-state index contributed by atoms with van der Waals surface area (Å²) in [5.74, 6) is 0.751. The molecule has 0 aromatic heterocycles. The Balaban J connectivity index is 1.08. The lowest BCUT2D eigenvalue weighted by molar-refractivity contribution is -0.208. The largest absolute Gasteiger partial charge is 0.550 e. The summed E-state index contributed by atoms with van der Waals surface area (Å²) in [6.45, 7) is 0. The Labute approximate surface area is 272 Å². The predicted molar refractivity (Wildman–Crippen MR) is 161 cm³/mol. The average molecular weight is 661 g/mol. The van der Waals surface area contributed by atoms with Crippen LogP contribution in [0.5, 0.6) is 23.0 Å². The topological polar surface area (TPSA) is 161 Å². The lowest BCUT2D eigenvalue weighted by Crippen LogP contribution is -2.28. The van der Waals surface area contributed by atoms with Crippen LogP contribution in [0.25, 0.3) is 0 Å². The molecular formula is C33H40O14. The predicted octanol–water partition coefficient (Wildman–Crippen LogP) is 6.38. The van der Waals surface area contributed by atoms with Gasteiger partial charge >= 0.3 is 24.2 Å². The third-order valence-electron chi connectivity index (χ3n) is 8.39. The Hall–Kier alpha value is -4.88. The highest BCUT2D eigenvalue weighted by Gasteiger charge is 2.30. The van der Waals surface area contributed by atoms with Crippen LogP contribution in [0.15, 0.2) is 36.4 Å². The van der Waals surface area contributed by atoms with Crippen molar-refractivity contribution in [1.82, 2.24) is 0 Å². The van der Waals surface area contributed by atoms with Crippen LogP contribution in [-0.4, -0.2) is 64.9 Å². The summed E-state index contributed by atoms with van der Waals surface area (Å²) in [7, 11) is 5.81. The number of carbonyl (C=O) groups excluding carboxylic acids is 4. The summed E-state index contributed by atoms with van der Waals surface area (Å²) in [5.41, 5.74) is 0.230. The maximum absolute atomic E-state index is 12.2. The first-order valence-corrected chi connectivity index (χ1v) is 15.4. The molecule has 2 saturated carbocycles. The van der Waals surface area contributed by atoms with Crippen molar-refractivity contribution in [3.8, 4) is 23.0 Å². The molecule has 0 N–H and O–H groups in total. The Kier molecular flexibility index (Phi) is 12.8. The van der Waals surface area contributed by atoms with Gasteiger partial charge in [-0.1, -0.05) is 0 Å². The number of hydrogen-bond donors (Lipinski definition) is 0. The zero-order valence-corrected chi connectivity index (χ0v) is 26.9. The smallest absolute Gasteiger partial charge is 0.493 e. The molecule has 0 radical (unpaired) electrons. The second kappa shape index (κ2) is 17.2. The van der Waals surface area contributed by atoms with Crippen LogP contribution in [0.3, 0.4) is 0 Å². The Bertz CT molecular complexity index is 1270. The minimum Gasteiger partial charge on any atom is -0.493 e. The first-order chi connectivity index (χ1) is 22.7. The van der Waals surface area contributed by atoms with Crippen molar-refractivity contribution in [2.75, 3.05) is 28.4 Å². The quantitative estimate of drug-likeness (QED) is 0.157. The molecule has 0 atom stereocenters. The van der Waals surface area contributed by atoms with Crippen LogP contribution in [0.2, 0.25) is 0 Å². The van der Waals surface area contributed by atoms with Gasteiger partial charge in [-0.2, -0.15) is 9.59 Å². The van der Waals surface area contributed by atoms with Crippen LogP contribution >= 0.6 is 0 Å². The van der Waals surface area contributed by atoms with E-state index < -0.39 is 24.2 Å². The van der Waals surface area contributed by atoms with Gasteiger partial charge in [0, 0.05) is 0 Å². The van der Waals surface area contributed by atoms with E-state index in [4.69, 9.17) is 28.4 Å². The molecular weight excluding hydrogens is 620 g/mol. The molecule has 2 aliphatic carbocycles.